The van der Waals surface area contributed by atoms with Crippen molar-refractivity contribution in [3.63, 3.8) is 0 Å². The summed E-state index contributed by atoms with van der Waals surface area (Å²) in [5.74, 6) is -0.0309. The van der Waals surface area contributed by atoms with Crippen molar-refractivity contribution in [2.75, 3.05) is 26.2 Å². The van der Waals surface area contributed by atoms with E-state index >= 15 is 0 Å². The van der Waals surface area contributed by atoms with E-state index in [4.69, 9.17) is 11.6 Å². The Kier molecular flexibility index (Phi) is 5.58. The first-order chi connectivity index (χ1) is 12.0. The van der Waals surface area contributed by atoms with E-state index in [2.05, 4.69) is 5.32 Å². The first-order valence-electron chi connectivity index (χ1n) is 8.63. The highest BCUT2D eigenvalue weighted by Gasteiger charge is 2.31. The smallest absolute Gasteiger partial charge is 0.245 e. The maximum Gasteiger partial charge on any atom is 0.245 e. The lowest BCUT2D eigenvalue weighted by Gasteiger charge is -2.24. The van der Waals surface area contributed by atoms with Gasteiger partial charge in [-0.3, -0.25) is 14.4 Å². The minimum absolute atomic E-state index is 0.0298. The average molecular weight is 364 g/mol. The van der Waals surface area contributed by atoms with E-state index in [9.17, 15) is 14.4 Å². The van der Waals surface area contributed by atoms with Crippen molar-refractivity contribution >= 4 is 29.3 Å². The summed E-state index contributed by atoms with van der Waals surface area (Å²) >= 11 is 5.87. The number of halogens is 1. The molecule has 0 aromatic heterocycles. The van der Waals surface area contributed by atoms with Crippen LogP contribution in [0.5, 0.6) is 0 Å². The second kappa shape index (κ2) is 7.87. The maximum atomic E-state index is 12.5. The van der Waals surface area contributed by atoms with Gasteiger partial charge >= 0.3 is 0 Å². The zero-order chi connectivity index (χ0) is 17.8. The van der Waals surface area contributed by atoms with Gasteiger partial charge in [-0.25, -0.2) is 0 Å². The fourth-order valence-corrected chi connectivity index (χ4v) is 3.42. The molecule has 3 amide bonds. The fourth-order valence-electron chi connectivity index (χ4n) is 3.30. The number of hydrogen-bond donors (Lipinski definition) is 1. The van der Waals surface area contributed by atoms with Crippen molar-refractivity contribution < 1.29 is 14.4 Å². The van der Waals surface area contributed by atoms with Gasteiger partial charge in [0.25, 0.3) is 0 Å². The third kappa shape index (κ3) is 4.51. The van der Waals surface area contributed by atoms with Gasteiger partial charge in [-0.1, -0.05) is 23.7 Å². The number of rotatable bonds is 3. The number of benzene rings is 1. The van der Waals surface area contributed by atoms with E-state index in [0.717, 1.165) is 12.0 Å². The Balaban J connectivity index is 1.54. The van der Waals surface area contributed by atoms with Crippen molar-refractivity contribution in [3.05, 3.63) is 34.9 Å². The van der Waals surface area contributed by atoms with Crippen molar-refractivity contribution in [2.24, 2.45) is 0 Å². The molecular weight excluding hydrogens is 342 g/mol. The summed E-state index contributed by atoms with van der Waals surface area (Å²) < 4.78 is 0. The monoisotopic (exact) mass is 363 g/mol. The van der Waals surface area contributed by atoms with E-state index < -0.39 is 6.04 Å². The Hall–Kier alpha value is -2.08. The van der Waals surface area contributed by atoms with Crippen LogP contribution in [-0.2, 0) is 20.8 Å². The molecule has 2 aliphatic heterocycles. The van der Waals surface area contributed by atoms with Crippen LogP contribution >= 0.6 is 11.6 Å². The fraction of sp³-hybridized carbons (Fsp3) is 0.500. The highest BCUT2D eigenvalue weighted by molar-refractivity contribution is 6.30. The average Bonchev–Trinajstić information content (AvgIpc) is 2.89. The number of nitrogens with one attached hydrogen (secondary N) is 1. The van der Waals surface area contributed by atoms with Crippen molar-refractivity contribution in [1.82, 2.24) is 15.1 Å². The Morgan fingerprint density at radius 2 is 1.76 bits per heavy atom. The molecule has 2 aliphatic rings. The molecule has 0 saturated carbocycles. The van der Waals surface area contributed by atoms with E-state index in [1.807, 2.05) is 17.0 Å². The standard InChI is InChI=1S/C18H22ClN3O3/c19-14-4-2-13(3-5-14)12-17(24)21-8-1-9-22(11-10-21)18(25)15-6-7-16(23)20-15/h2-5,15H,1,6-12H2,(H,20,23). The normalized spacial score (nSPS) is 21.0. The van der Waals surface area contributed by atoms with E-state index in [-0.39, 0.29) is 17.7 Å². The number of carbonyl (C=O) groups excluding carboxylic acids is 3. The minimum atomic E-state index is -0.399. The van der Waals surface area contributed by atoms with E-state index in [1.54, 1.807) is 17.0 Å². The molecule has 1 aromatic rings. The van der Waals surface area contributed by atoms with Crippen LogP contribution in [0.3, 0.4) is 0 Å². The highest BCUT2D eigenvalue weighted by atomic mass is 35.5. The third-order valence-electron chi connectivity index (χ3n) is 4.72. The molecule has 0 spiro atoms. The van der Waals surface area contributed by atoms with Crippen LogP contribution in [-0.4, -0.2) is 59.7 Å². The molecule has 2 fully saturated rings. The topological polar surface area (TPSA) is 69.7 Å². The van der Waals surface area contributed by atoms with Crippen LogP contribution in [0.15, 0.2) is 24.3 Å². The molecule has 0 bridgehead atoms. The molecule has 3 rings (SSSR count). The lowest BCUT2D eigenvalue weighted by molar-refractivity contribution is -0.135. The van der Waals surface area contributed by atoms with Gasteiger partial charge in [-0.15, -0.1) is 0 Å². The summed E-state index contributed by atoms with van der Waals surface area (Å²) in [6.45, 7) is 2.31. The van der Waals surface area contributed by atoms with Crippen LogP contribution in [0.25, 0.3) is 0 Å². The summed E-state index contributed by atoms with van der Waals surface area (Å²) in [6.07, 6.45) is 2.06. The zero-order valence-electron chi connectivity index (χ0n) is 14.0. The number of hydrogen-bond acceptors (Lipinski definition) is 3. The number of carbonyl (C=O) groups is 3. The Bertz CT molecular complexity index is 662. The first-order valence-corrected chi connectivity index (χ1v) is 9.01. The first kappa shape index (κ1) is 17.7. The molecule has 1 unspecified atom stereocenters. The van der Waals surface area contributed by atoms with Crippen molar-refractivity contribution in [3.8, 4) is 0 Å². The summed E-state index contributed by atoms with van der Waals surface area (Å²) in [6, 6.07) is 6.88. The van der Waals surface area contributed by atoms with Crippen LogP contribution in [0, 0.1) is 0 Å². The molecule has 6 nitrogen and oxygen atoms in total. The van der Waals surface area contributed by atoms with E-state index in [1.165, 1.54) is 0 Å². The van der Waals surface area contributed by atoms with Gasteiger partial charge in [0.15, 0.2) is 0 Å². The van der Waals surface area contributed by atoms with Gasteiger partial charge in [0, 0.05) is 37.6 Å². The molecule has 2 saturated heterocycles. The molecule has 25 heavy (non-hydrogen) atoms. The second-order valence-electron chi connectivity index (χ2n) is 6.52. The number of nitrogens with zero attached hydrogens (tertiary/aromatic N) is 2. The van der Waals surface area contributed by atoms with Gasteiger partial charge in [0.05, 0.1) is 6.42 Å². The van der Waals surface area contributed by atoms with Gasteiger partial charge < -0.3 is 15.1 Å². The van der Waals surface area contributed by atoms with Crippen LogP contribution in [0.2, 0.25) is 5.02 Å². The van der Waals surface area contributed by atoms with Crippen molar-refractivity contribution in [2.45, 2.75) is 31.7 Å². The summed E-state index contributed by atoms with van der Waals surface area (Å²) in [5, 5.41) is 3.37. The molecule has 134 valence electrons. The number of amides is 3. The maximum absolute atomic E-state index is 12.5. The Labute approximate surface area is 152 Å². The quantitative estimate of drug-likeness (QED) is 0.878. The summed E-state index contributed by atoms with van der Waals surface area (Å²) in [7, 11) is 0. The molecular formula is C18H22ClN3O3. The third-order valence-corrected chi connectivity index (χ3v) is 4.97. The van der Waals surface area contributed by atoms with Gasteiger partial charge in [0.2, 0.25) is 17.7 Å². The lowest BCUT2D eigenvalue weighted by atomic mass is 10.1. The lowest BCUT2D eigenvalue weighted by Crippen LogP contribution is -2.46. The molecule has 1 atom stereocenters. The van der Waals surface area contributed by atoms with Crippen LogP contribution in [0.1, 0.15) is 24.8 Å². The van der Waals surface area contributed by atoms with Crippen LogP contribution < -0.4 is 5.32 Å². The Morgan fingerprint density at radius 3 is 2.44 bits per heavy atom. The van der Waals surface area contributed by atoms with E-state index in [0.29, 0.717) is 50.5 Å². The van der Waals surface area contributed by atoms with Crippen molar-refractivity contribution in [1.29, 1.82) is 0 Å². The molecule has 1 N–H and O–H groups in total. The zero-order valence-corrected chi connectivity index (χ0v) is 14.8. The molecule has 0 radical (unpaired) electrons. The summed E-state index contributed by atoms with van der Waals surface area (Å²) in [5.41, 5.74) is 0.931. The second-order valence-corrected chi connectivity index (χ2v) is 6.96. The highest BCUT2D eigenvalue weighted by Crippen LogP contribution is 2.14. The summed E-state index contributed by atoms with van der Waals surface area (Å²) in [4.78, 5) is 39.9. The van der Waals surface area contributed by atoms with Gasteiger partial charge in [0.1, 0.15) is 6.04 Å². The minimum Gasteiger partial charge on any atom is -0.344 e. The largest absolute Gasteiger partial charge is 0.344 e. The predicted molar refractivity (Wildman–Crippen MR) is 94.1 cm³/mol. The SMILES string of the molecule is O=C1CCC(C(=O)N2CCCN(C(=O)Cc3ccc(Cl)cc3)CC2)N1. The molecule has 0 aliphatic carbocycles. The molecule has 1 aromatic carbocycles. The predicted octanol–water partition coefficient (Wildman–Crippen LogP) is 1.22. The van der Waals surface area contributed by atoms with Gasteiger partial charge in [-0.2, -0.15) is 0 Å². The van der Waals surface area contributed by atoms with Gasteiger partial charge in [-0.05, 0) is 30.5 Å². The molecule has 7 heteroatoms. The molecule has 2 heterocycles. The van der Waals surface area contributed by atoms with Crippen LogP contribution in [0.4, 0.5) is 0 Å². The Morgan fingerprint density at radius 1 is 1.08 bits per heavy atom.